The smallest absolute Gasteiger partial charge is 0.299 e. The van der Waals surface area contributed by atoms with Gasteiger partial charge in [0.05, 0.1) is 15.9 Å². The molecule has 0 aromatic heterocycles. The second-order valence-corrected chi connectivity index (χ2v) is 5.87. The first-order valence-electron chi connectivity index (χ1n) is 6.23. The van der Waals surface area contributed by atoms with Gasteiger partial charge in [-0.05, 0) is 31.6 Å². The SMILES string of the molecule is CSC1CCC(Nc2ccc([N+](=O)[O-])cc2[N+](=O)[O-])C1. The zero-order valence-electron chi connectivity index (χ0n) is 10.9. The van der Waals surface area contributed by atoms with Gasteiger partial charge in [0.2, 0.25) is 0 Å². The number of thioether (sulfide) groups is 1. The van der Waals surface area contributed by atoms with Crippen LogP contribution in [0, 0.1) is 20.2 Å². The summed E-state index contributed by atoms with van der Waals surface area (Å²) in [6, 6.07) is 3.90. The average Bonchev–Trinajstić information content (AvgIpc) is 2.86. The van der Waals surface area contributed by atoms with Crippen molar-refractivity contribution in [2.75, 3.05) is 11.6 Å². The highest BCUT2D eigenvalue weighted by molar-refractivity contribution is 7.99. The lowest BCUT2D eigenvalue weighted by molar-refractivity contribution is -0.393. The van der Waals surface area contributed by atoms with Crippen LogP contribution in [0.2, 0.25) is 0 Å². The molecule has 0 bridgehead atoms. The molecule has 1 aliphatic carbocycles. The molecule has 1 aromatic carbocycles. The molecule has 108 valence electrons. The zero-order chi connectivity index (χ0) is 14.7. The number of hydrogen-bond acceptors (Lipinski definition) is 6. The Morgan fingerprint density at radius 1 is 1.25 bits per heavy atom. The van der Waals surface area contributed by atoms with Crippen LogP contribution in [0.25, 0.3) is 0 Å². The molecule has 0 heterocycles. The van der Waals surface area contributed by atoms with Crippen molar-refractivity contribution in [3.8, 4) is 0 Å². The van der Waals surface area contributed by atoms with E-state index in [0.29, 0.717) is 10.9 Å². The first-order chi connectivity index (χ1) is 9.51. The van der Waals surface area contributed by atoms with Gasteiger partial charge in [-0.3, -0.25) is 20.2 Å². The minimum Gasteiger partial charge on any atom is -0.377 e. The van der Waals surface area contributed by atoms with Crippen LogP contribution in [-0.4, -0.2) is 27.4 Å². The van der Waals surface area contributed by atoms with E-state index in [-0.39, 0.29) is 17.4 Å². The predicted molar refractivity (Wildman–Crippen MR) is 78.3 cm³/mol. The number of nitrogens with one attached hydrogen (secondary N) is 1. The lowest BCUT2D eigenvalue weighted by Crippen LogP contribution is -2.16. The number of rotatable bonds is 5. The lowest BCUT2D eigenvalue weighted by Gasteiger charge is -2.14. The quantitative estimate of drug-likeness (QED) is 0.662. The van der Waals surface area contributed by atoms with E-state index in [1.807, 2.05) is 0 Å². The molecule has 8 heteroatoms. The summed E-state index contributed by atoms with van der Waals surface area (Å²) >= 11 is 1.80. The Bertz CT molecular complexity index is 537. The molecule has 1 saturated carbocycles. The first-order valence-corrected chi connectivity index (χ1v) is 7.52. The summed E-state index contributed by atoms with van der Waals surface area (Å²) in [6.45, 7) is 0. The molecule has 7 nitrogen and oxygen atoms in total. The largest absolute Gasteiger partial charge is 0.377 e. The molecule has 1 N–H and O–H groups in total. The van der Waals surface area contributed by atoms with Crippen LogP contribution < -0.4 is 5.32 Å². The van der Waals surface area contributed by atoms with Crippen LogP contribution in [0.15, 0.2) is 18.2 Å². The molecule has 1 aliphatic rings. The van der Waals surface area contributed by atoms with Gasteiger partial charge in [0.25, 0.3) is 11.4 Å². The molecule has 0 saturated heterocycles. The van der Waals surface area contributed by atoms with Gasteiger partial charge in [0.1, 0.15) is 5.69 Å². The van der Waals surface area contributed by atoms with E-state index < -0.39 is 9.85 Å². The van der Waals surface area contributed by atoms with Gasteiger partial charge >= 0.3 is 0 Å². The Morgan fingerprint density at radius 3 is 2.55 bits per heavy atom. The lowest BCUT2D eigenvalue weighted by atomic mass is 10.2. The van der Waals surface area contributed by atoms with E-state index >= 15 is 0 Å². The summed E-state index contributed by atoms with van der Waals surface area (Å²) in [5.41, 5.74) is -0.158. The monoisotopic (exact) mass is 297 g/mol. The number of nitro benzene ring substituents is 2. The van der Waals surface area contributed by atoms with E-state index in [4.69, 9.17) is 0 Å². The van der Waals surface area contributed by atoms with Crippen LogP contribution >= 0.6 is 11.8 Å². The van der Waals surface area contributed by atoms with E-state index in [2.05, 4.69) is 11.6 Å². The maximum atomic E-state index is 11.0. The molecule has 1 aromatic rings. The van der Waals surface area contributed by atoms with Crippen LogP contribution in [-0.2, 0) is 0 Å². The van der Waals surface area contributed by atoms with Gasteiger partial charge in [-0.1, -0.05) is 0 Å². The normalized spacial score (nSPS) is 21.6. The Balaban J connectivity index is 2.19. The minimum atomic E-state index is -0.629. The van der Waals surface area contributed by atoms with Crippen molar-refractivity contribution in [2.24, 2.45) is 0 Å². The third-order valence-electron chi connectivity index (χ3n) is 3.47. The van der Waals surface area contributed by atoms with E-state index in [1.165, 1.54) is 12.1 Å². The topological polar surface area (TPSA) is 98.3 Å². The standard InChI is InChI=1S/C12H15N3O4S/c1-20-10-4-2-8(6-10)13-11-5-3-9(14(16)17)7-12(11)15(18)19/h3,5,7-8,10,13H,2,4,6H2,1H3. The third-order valence-corrected chi connectivity index (χ3v) is 4.56. The van der Waals surface area contributed by atoms with Crippen LogP contribution in [0.1, 0.15) is 19.3 Å². The van der Waals surface area contributed by atoms with Crippen LogP contribution in [0.5, 0.6) is 0 Å². The van der Waals surface area contributed by atoms with Gasteiger partial charge in [-0.25, -0.2) is 0 Å². The number of hydrogen-bond donors (Lipinski definition) is 1. The fourth-order valence-electron chi connectivity index (χ4n) is 2.41. The fourth-order valence-corrected chi connectivity index (χ4v) is 3.21. The molecule has 0 spiro atoms. The minimum absolute atomic E-state index is 0.188. The van der Waals surface area contributed by atoms with Crippen molar-refractivity contribution in [2.45, 2.75) is 30.6 Å². The van der Waals surface area contributed by atoms with Crippen molar-refractivity contribution in [3.63, 3.8) is 0 Å². The number of nitrogens with zero attached hydrogens (tertiary/aromatic N) is 2. The number of non-ortho nitro benzene ring substituents is 1. The Hall–Kier alpha value is -1.83. The molecular weight excluding hydrogens is 282 g/mol. The van der Waals surface area contributed by atoms with Gasteiger partial charge < -0.3 is 5.32 Å². The van der Waals surface area contributed by atoms with Crippen molar-refractivity contribution in [1.29, 1.82) is 0 Å². The molecule has 0 radical (unpaired) electrons. The summed E-state index contributed by atoms with van der Waals surface area (Å²) in [5.74, 6) is 0. The predicted octanol–water partition coefficient (Wildman–Crippen LogP) is 3.20. The number of anilines is 1. The van der Waals surface area contributed by atoms with Crippen molar-refractivity contribution in [1.82, 2.24) is 0 Å². The Kier molecular flexibility index (Phi) is 4.43. The van der Waals surface area contributed by atoms with Gasteiger partial charge in [0, 0.05) is 17.4 Å². The third kappa shape index (κ3) is 3.19. The van der Waals surface area contributed by atoms with E-state index in [1.54, 1.807) is 11.8 Å². The van der Waals surface area contributed by atoms with Crippen molar-refractivity contribution in [3.05, 3.63) is 38.4 Å². The van der Waals surface area contributed by atoms with E-state index in [9.17, 15) is 20.2 Å². The number of benzene rings is 1. The molecule has 2 unspecified atom stereocenters. The molecular formula is C12H15N3O4S. The van der Waals surface area contributed by atoms with Crippen LogP contribution in [0.3, 0.4) is 0 Å². The molecule has 1 fully saturated rings. The van der Waals surface area contributed by atoms with Crippen LogP contribution in [0.4, 0.5) is 17.1 Å². The van der Waals surface area contributed by atoms with Crippen molar-refractivity contribution >= 4 is 28.8 Å². The highest BCUT2D eigenvalue weighted by atomic mass is 32.2. The van der Waals surface area contributed by atoms with Gasteiger partial charge in [-0.15, -0.1) is 0 Å². The average molecular weight is 297 g/mol. The zero-order valence-corrected chi connectivity index (χ0v) is 11.8. The fraction of sp³-hybridized carbons (Fsp3) is 0.500. The van der Waals surface area contributed by atoms with Gasteiger partial charge in [0.15, 0.2) is 0 Å². The highest BCUT2D eigenvalue weighted by Gasteiger charge is 2.27. The summed E-state index contributed by atoms with van der Waals surface area (Å²) in [4.78, 5) is 20.5. The Labute approximate surface area is 120 Å². The summed E-state index contributed by atoms with van der Waals surface area (Å²) in [7, 11) is 0. The Morgan fingerprint density at radius 2 is 2.00 bits per heavy atom. The van der Waals surface area contributed by atoms with E-state index in [0.717, 1.165) is 25.3 Å². The summed E-state index contributed by atoms with van der Waals surface area (Å²) in [5, 5.41) is 25.4. The molecule has 0 aliphatic heterocycles. The molecule has 20 heavy (non-hydrogen) atoms. The summed E-state index contributed by atoms with van der Waals surface area (Å²) < 4.78 is 0. The molecule has 0 amide bonds. The molecule has 2 rings (SSSR count). The van der Waals surface area contributed by atoms with Crippen molar-refractivity contribution < 1.29 is 9.85 Å². The summed E-state index contributed by atoms with van der Waals surface area (Å²) in [6.07, 6.45) is 5.05. The maximum Gasteiger partial charge on any atom is 0.299 e. The molecule has 2 atom stereocenters. The number of nitro groups is 2. The second kappa shape index (κ2) is 6.08. The first kappa shape index (κ1) is 14.6. The van der Waals surface area contributed by atoms with Gasteiger partial charge in [-0.2, -0.15) is 11.8 Å². The highest BCUT2D eigenvalue weighted by Crippen LogP contribution is 2.34. The second-order valence-electron chi connectivity index (χ2n) is 4.73. The maximum absolute atomic E-state index is 11.0.